The summed E-state index contributed by atoms with van der Waals surface area (Å²) >= 11 is 0. The minimum absolute atomic E-state index is 0.0741. The Morgan fingerprint density at radius 1 is 1.56 bits per heavy atom. The third kappa shape index (κ3) is 2.27. The number of aliphatic hydroxyl groups is 1. The van der Waals surface area contributed by atoms with Crippen LogP contribution in [0.3, 0.4) is 0 Å². The maximum absolute atomic E-state index is 13.7. The molecule has 0 bridgehead atoms. The number of methoxy groups -OCH3 is 1. The maximum Gasteiger partial charge on any atom is 0.154 e. The Labute approximate surface area is 103 Å². The molecule has 1 unspecified atom stereocenters. The van der Waals surface area contributed by atoms with Gasteiger partial charge in [0.15, 0.2) is 5.82 Å². The normalized spacial score (nSPS) is 13.1. The number of aliphatic hydroxyl groups excluding tert-OH is 1. The number of ether oxygens (including phenoxy) is 1. The Hall–Kier alpha value is -1.73. The first kappa shape index (κ1) is 12.7. The Morgan fingerprint density at radius 3 is 3.00 bits per heavy atom. The van der Waals surface area contributed by atoms with Crippen molar-refractivity contribution in [3.8, 4) is 0 Å². The zero-order chi connectivity index (χ0) is 13.1. The Morgan fingerprint density at radius 2 is 2.33 bits per heavy atom. The lowest BCUT2D eigenvalue weighted by atomic mass is 10.2. The first-order chi connectivity index (χ1) is 8.67. The lowest BCUT2D eigenvalue weighted by Gasteiger charge is -2.12. The number of aryl methyl sites for hydroxylation is 1. The van der Waals surface area contributed by atoms with E-state index in [1.165, 1.54) is 19.6 Å². The van der Waals surface area contributed by atoms with Crippen molar-refractivity contribution >= 4 is 16.9 Å². The zero-order valence-corrected chi connectivity index (χ0v) is 10.0. The molecule has 7 heteroatoms. The molecule has 6 nitrogen and oxygen atoms in total. The second-order valence-corrected chi connectivity index (χ2v) is 3.96. The van der Waals surface area contributed by atoms with Gasteiger partial charge in [0.2, 0.25) is 0 Å². The summed E-state index contributed by atoms with van der Waals surface area (Å²) in [7, 11) is 1.52. The van der Waals surface area contributed by atoms with E-state index in [1.807, 2.05) is 0 Å². The van der Waals surface area contributed by atoms with Gasteiger partial charge < -0.3 is 20.1 Å². The van der Waals surface area contributed by atoms with Crippen LogP contribution in [-0.4, -0.2) is 39.5 Å². The fourth-order valence-corrected chi connectivity index (χ4v) is 1.84. The van der Waals surface area contributed by atoms with Crippen molar-refractivity contribution in [2.75, 3.05) is 19.5 Å². The maximum atomic E-state index is 13.7. The van der Waals surface area contributed by atoms with Crippen LogP contribution in [0.25, 0.3) is 11.0 Å². The van der Waals surface area contributed by atoms with Crippen molar-refractivity contribution in [1.82, 2.24) is 14.5 Å². The molecule has 3 N–H and O–H groups in total. The molecule has 1 atom stereocenters. The van der Waals surface area contributed by atoms with E-state index in [9.17, 15) is 4.39 Å². The van der Waals surface area contributed by atoms with E-state index >= 15 is 0 Å². The van der Waals surface area contributed by atoms with E-state index in [4.69, 9.17) is 15.6 Å². The van der Waals surface area contributed by atoms with Crippen LogP contribution in [-0.2, 0) is 11.3 Å². The van der Waals surface area contributed by atoms with Gasteiger partial charge in [0.25, 0.3) is 0 Å². The minimum Gasteiger partial charge on any atom is -0.394 e. The van der Waals surface area contributed by atoms with Crippen molar-refractivity contribution in [3.05, 3.63) is 18.3 Å². The molecule has 2 rings (SSSR count). The number of halogens is 1. The number of fused-ring (bicyclic) bond motifs is 1. The van der Waals surface area contributed by atoms with Crippen LogP contribution in [0.15, 0.2) is 12.5 Å². The van der Waals surface area contributed by atoms with E-state index < -0.39 is 5.82 Å². The van der Waals surface area contributed by atoms with Gasteiger partial charge in [0.1, 0.15) is 17.8 Å². The zero-order valence-electron chi connectivity index (χ0n) is 10.0. The summed E-state index contributed by atoms with van der Waals surface area (Å²) in [4.78, 5) is 7.78. The van der Waals surface area contributed by atoms with E-state index in [0.717, 1.165) is 0 Å². The standard InChI is InChI=1S/C11H15FN4O2/c1-18-7(5-17)2-3-16-4-8(12)9-10(13)14-6-15-11(9)16/h4,6-7,17H,2-3,5H2,1H3,(H2,13,14,15). The Balaban J connectivity index is 2.27. The van der Waals surface area contributed by atoms with E-state index in [0.29, 0.717) is 18.6 Å². The van der Waals surface area contributed by atoms with Crippen molar-refractivity contribution in [2.24, 2.45) is 0 Å². The summed E-state index contributed by atoms with van der Waals surface area (Å²) in [5.74, 6) is -0.317. The average molecular weight is 254 g/mol. The summed E-state index contributed by atoms with van der Waals surface area (Å²) in [6, 6.07) is 0. The van der Waals surface area contributed by atoms with Crippen LogP contribution in [0.2, 0.25) is 0 Å². The number of anilines is 1. The summed E-state index contributed by atoms with van der Waals surface area (Å²) in [5.41, 5.74) is 6.06. The second-order valence-electron chi connectivity index (χ2n) is 3.96. The van der Waals surface area contributed by atoms with Gasteiger partial charge in [-0.3, -0.25) is 0 Å². The molecule has 0 amide bonds. The second kappa shape index (κ2) is 5.28. The molecular formula is C11H15FN4O2. The van der Waals surface area contributed by atoms with E-state index in [1.54, 1.807) is 4.57 Å². The van der Waals surface area contributed by atoms with Crippen molar-refractivity contribution in [3.63, 3.8) is 0 Å². The molecule has 0 aliphatic carbocycles. The first-order valence-electron chi connectivity index (χ1n) is 5.55. The van der Waals surface area contributed by atoms with Gasteiger partial charge in [-0.1, -0.05) is 0 Å². The Bertz CT molecular complexity index is 539. The van der Waals surface area contributed by atoms with Gasteiger partial charge in [0, 0.05) is 19.9 Å². The molecule has 0 aliphatic rings. The van der Waals surface area contributed by atoms with Crippen LogP contribution < -0.4 is 5.73 Å². The van der Waals surface area contributed by atoms with Crippen LogP contribution in [0.4, 0.5) is 10.2 Å². The molecule has 0 saturated carbocycles. The SMILES string of the molecule is COC(CO)CCn1cc(F)c2c(N)ncnc21. The van der Waals surface area contributed by atoms with Gasteiger partial charge >= 0.3 is 0 Å². The highest BCUT2D eigenvalue weighted by atomic mass is 19.1. The molecule has 0 aliphatic heterocycles. The summed E-state index contributed by atoms with van der Waals surface area (Å²) in [6.45, 7) is 0.408. The number of nitrogens with zero attached hydrogens (tertiary/aromatic N) is 3. The number of nitrogen functional groups attached to an aromatic ring is 1. The summed E-state index contributed by atoms with van der Waals surface area (Å²) in [6.07, 6.45) is 2.91. The smallest absolute Gasteiger partial charge is 0.154 e. The van der Waals surface area contributed by atoms with Crippen LogP contribution in [0.1, 0.15) is 6.42 Å². The van der Waals surface area contributed by atoms with Crippen molar-refractivity contribution < 1.29 is 14.2 Å². The number of aromatic nitrogens is 3. The van der Waals surface area contributed by atoms with Crippen molar-refractivity contribution in [2.45, 2.75) is 19.1 Å². The third-order valence-electron chi connectivity index (χ3n) is 2.87. The molecule has 98 valence electrons. The monoisotopic (exact) mass is 254 g/mol. The minimum atomic E-state index is -0.443. The first-order valence-corrected chi connectivity index (χ1v) is 5.55. The number of nitrogens with two attached hydrogens (primary N) is 1. The lowest BCUT2D eigenvalue weighted by Crippen LogP contribution is -2.18. The van der Waals surface area contributed by atoms with E-state index in [-0.39, 0.29) is 23.9 Å². The molecule has 0 saturated heterocycles. The molecule has 0 fully saturated rings. The number of rotatable bonds is 5. The number of hydrogen-bond donors (Lipinski definition) is 2. The van der Waals surface area contributed by atoms with Gasteiger partial charge in [-0.25, -0.2) is 14.4 Å². The molecule has 0 radical (unpaired) electrons. The van der Waals surface area contributed by atoms with Crippen LogP contribution in [0.5, 0.6) is 0 Å². The highest BCUT2D eigenvalue weighted by Crippen LogP contribution is 2.22. The predicted molar refractivity (Wildman–Crippen MR) is 64.4 cm³/mol. The van der Waals surface area contributed by atoms with Gasteiger partial charge in [-0.2, -0.15) is 0 Å². The predicted octanol–water partition coefficient (Wildman–Crippen LogP) is 0.550. The fraction of sp³-hybridized carbons (Fsp3) is 0.455. The van der Waals surface area contributed by atoms with Crippen LogP contribution in [0, 0.1) is 5.82 Å². The van der Waals surface area contributed by atoms with Gasteiger partial charge in [0.05, 0.1) is 18.1 Å². The molecule has 0 aromatic carbocycles. The average Bonchev–Trinajstić information content (AvgIpc) is 2.69. The highest BCUT2D eigenvalue weighted by Gasteiger charge is 2.14. The Kier molecular flexibility index (Phi) is 3.73. The molecule has 18 heavy (non-hydrogen) atoms. The molecular weight excluding hydrogens is 239 g/mol. The molecule has 2 aromatic heterocycles. The van der Waals surface area contributed by atoms with Crippen molar-refractivity contribution in [1.29, 1.82) is 0 Å². The lowest BCUT2D eigenvalue weighted by molar-refractivity contribution is 0.0405. The van der Waals surface area contributed by atoms with E-state index in [2.05, 4.69) is 9.97 Å². The van der Waals surface area contributed by atoms with Gasteiger partial charge in [-0.15, -0.1) is 0 Å². The molecule has 0 spiro atoms. The fourth-order valence-electron chi connectivity index (χ4n) is 1.84. The molecule has 2 aromatic rings. The highest BCUT2D eigenvalue weighted by molar-refractivity contribution is 5.86. The van der Waals surface area contributed by atoms with Crippen LogP contribution >= 0.6 is 0 Å². The summed E-state index contributed by atoms with van der Waals surface area (Å²) in [5, 5.41) is 9.24. The number of hydrogen-bond acceptors (Lipinski definition) is 5. The third-order valence-corrected chi connectivity index (χ3v) is 2.87. The quantitative estimate of drug-likeness (QED) is 0.813. The topological polar surface area (TPSA) is 86.2 Å². The van der Waals surface area contributed by atoms with Gasteiger partial charge in [-0.05, 0) is 6.42 Å². The molecule has 2 heterocycles. The largest absolute Gasteiger partial charge is 0.394 e. The summed E-state index contributed by atoms with van der Waals surface area (Å²) < 4.78 is 20.4.